The Labute approximate surface area is 277 Å². The van der Waals surface area contributed by atoms with E-state index in [2.05, 4.69) is 16.9 Å². The van der Waals surface area contributed by atoms with Crippen LogP contribution in [0.25, 0.3) is 0 Å². The van der Waals surface area contributed by atoms with Crippen LogP contribution in [-0.2, 0) is 17.4 Å². The lowest BCUT2D eigenvalue weighted by atomic mass is 10.0. The van der Waals surface area contributed by atoms with Crippen LogP contribution in [0.5, 0.6) is 0 Å². The molecule has 47 heavy (non-hydrogen) atoms. The lowest BCUT2D eigenvalue weighted by Crippen LogP contribution is -2.47. The monoisotopic (exact) mass is 655 g/mol. The third-order valence-electron chi connectivity index (χ3n) is 8.79. The molecular weight excluding hydrogens is 606 g/mol. The van der Waals surface area contributed by atoms with Crippen molar-refractivity contribution in [2.75, 3.05) is 35.3 Å². The Morgan fingerprint density at radius 3 is 2.11 bits per heavy atom. The van der Waals surface area contributed by atoms with Crippen LogP contribution in [0.15, 0.2) is 48.5 Å². The maximum atomic E-state index is 14.7. The fraction of sp³-hybridized carbons (Fsp3) is 0.541. The average Bonchev–Trinajstić information content (AvgIpc) is 3.42. The van der Waals surface area contributed by atoms with Gasteiger partial charge in [-0.25, -0.2) is 14.4 Å². The number of fused-ring (bicyclic) bond motifs is 1. The summed E-state index contributed by atoms with van der Waals surface area (Å²) in [7, 11) is 3.37. The van der Waals surface area contributed by atoms with Crippen LogP contribution in [0.2, 0.25) is 0 Å². The second-order valence-corrected chi connectivity index (χ2v) is 12.8. The predicted molar refractivity (Wildman–Crippen MR) is 182 cm³/mol. The standard InChI is InChI=1S/C37H49F4N5O/c1-5-6-7-8-9-10-11-12-13-14-15-18-23-45(33-22-21-30(38)35(43-33)44(3)4)36(47)32-25-28-19-16-17-20-31(28)46(32)34-26-29(37(39,40)41)24-27(2)42-34/h16-17,19-22,24,26,32H,5-15,18,23,25H2,1-4H3. The van der Waals surface area contributed by atoms with Crippen molar-refractivity contribution >= 4 is 29.0 Å². The summed E-state index contributed by atoms with van der Waals surface area (Å²) in [6, 6.07) is 11.3. The maximum Gasteiger partial charge on any atom is 0.416 e. The van der Waals surface area contributed by atoms with Gasteiger partial charge in [0.25, 0.3) is 5.91 Å². The first kappa shape index (κ1) is 36.2. The van der Waals surface area contributed by atoms with Crippen LogP contribution in [0.4, 0.5) is 40.7 Å². The number of alkyl halides is 3. The molecule has 256 valence electrons. The SMILES string of the molecule is CCCCCCCCCCCCCCN(C(=O)C1Cc2ccccc2N1c1cc(C(F)(F)F)cc(C)n1)c1ccc(F)c(N(C)C)n1. The molecular formula is C37H49F4N5O. The first-order valence-electron chi connectivity index (χ1n) is 17.1. The molecule has 10 heteroatoms. The van der Waals surface area contributed by atoms with Crippen LogP contribution >= 0.6 is 0 Å². The van der Waals surface area contributed by atoms with E-state index in [1.165, 1.54) is 70.4 Å². The number of para-hydroxylation sites is 1. The van der Waals surface area contributed by atoms with E-state index in [-0.39, 0.29) is 23.2 Å². The van der Waals surface area contributed by atoms with Crippen molar-refractivity contribution in [1.29, 1.82) is 0 Å². The summed E-state index contributed by atoms with van der Waals surface area (Å²) in [6.07, 6.45) is 9.78. The lowest BCUT2D eigenvalue weighted by Gasteiger charge is -2.32. The van der Waals surface area contributed by atoms with Crippen molar-refractivity contribution in [3.8, 4) is 0 Å². The number of anilines is 4. The summed E-state index contributed by atoms with van der Waals surface area (Å²) < 4.78 is 56.2. The van der Waals surface area contributed by atoms with Crippen LogP contribution in [-0.4, -0.2) is 42.6 Å². The highest BCUT2D eigenvalue weighted by molar-refractivity contribution is 6.01. The van der Waals surface area contributed by atoms with Gasteiger partial charge in [-0.2, -0.15) is 13.2 Å². The summed E-state index contributed by atoms with van der Waals surface area (Å²) >= 11 is 0. The zero-order chi connectivity index (χ0) is 34.0. The Morgan fingerprint density at radius 1 is 0.872 bits per heavy atom. The molecule has 0 saturated carbocycles. The zero-order valence-electron chi connectivity index (χ0n) is 28.3. The first-order chi connectivity index (χ1) is 22.5. The molecule has 1 atom stereocenters. The molecule has 1 aliphatic rings. The molecule has 1 amide bonds. The van der Waals surface area contributed by atoms with Crippen LogP contribution in [0.3, 0.4) is 0 Å². The van der Waals surface area contributed by atoms with Gasteiger partial charge in [0.1, 0.15) is 17.7 Å². The molecule has 0 radical (unpaired) electrons. The van der Waals surface area contributed by atoms with Crippen LogP contribution in [0.1, 0.15) is 101 Å². The second-order valence-electron chi connectivity index (χ2n) is 12.8. The van der Waals surface area contributed by atoms with E-state index in [1.54, 1.807) is 40.9 Å². The van der Waals surface area contributed by atoms with Crippen molar-refractivity contribution in [2.24, 2.45) is 0 Å². The van der Waals surface area contributed by atoms with E-state index in [0.717, 1.165) is 43.4 Å². The van der Waals surface area contributed by atoms with Crippen molar-refractivity contribution in [1.82, 2.24) is 9.97 Å². The van der Waals surface area contributed by atoms with Crippen molar-refractivity contribution in [3.05, 3.63) is 71.2 Å². The van der Waals surface area contributed by atoms with E-state index in [0.29, 0.717) is 24.5 Å². The summed E-state index contributed by atoms with van der Waals surface area (Å²) in [6.45, 7) is 4.11. The molecule has 6 nitrogen and oxygen atoms in total. The fourth-order valence-electron chi connectivity index (χ4n) is 6.32. The Bertz CT molecular complexity index is 1460. The third-order valence-corrected chi connectivity index (χ3v) is 8.79. The van der Waals surface area contributed by atoms with E-state index >= 15 is 0 Å². The molecule has 0 fully saturated rings. The molecule has 0 bridgehead atoms. The largest absolute Gasteiger partial charge is 0.416 e. The van der Waals surface area contributed by atoms with Crippen molar-refractivity contribution in [3.63, 3.8) is 0 Å². The van der Waals surface area contributed by atoms with E-state index in [4.69, 9.17) is 0 Å². The van der Waals surface area contributed by atoms with Gasteiger partial charge in [-0.3, -0.25) is 9.69 Å². The Hall–Kier alpha value is -3.69. The minimum Gasteiger partial charge on any atom is -0.360 e. The normalized spacial score (nSPS) is 14.4. The molecule has 3 heterocycles. The number of unbranched alkanes of at least 4 members (excludes halogenated alkanes) is 11. The molecule has 1 aliphatic heterocycles. The maximum absolute atomic E-state index is 14.7. The summed E-state index contributed by atoms with van der Waals surface area (Å²) in [5.74, 6) is -0.337. The van der Waals surface area contributed by atoms with Crippen LogP contribution < -0.4 is 14.7 Å². The van der Waals surface area contributed by atoms with Gasteiger partial charge < -0.3 is 9.80 Å². The number of pyridine rings is 2. The van der Waals surface area contributed by atoms with E-state index < -0.39 is 23.6 Å². The predicted octanol–water partition coefficient (Wildman–Crippen LogP) is 9.81. The van der Waals surface area contributed by atoms with E-state index in [9.17, 15) is 22.4 Å². The zero-order valence-corrected chi connectivity index (χ0v) is 28.3. The topological polar surface area (TPSA) is 52.6 Å². The third kappa shape index (κ3) is 9.67. The number of aromatic nitrogens is 2. The number of benzene rings is 1. The number of carbonyl (C=O) groups excluding carboxylic acids is 1. The Balaban J connectivity index is 1.53. The van der Waals surface area contributed by atoms with Crippen LogP contribution in [0, 0.1) is 12.7 Å². The number of carbonyl (C=O) groups is 1. The van der Waals surface area contributed by atoms with Gasteiger partial charge >= 0.3 is 6.18 Å². The second kappa shape index (κ2) is 16.9. The number of halogens is 4. The van der Waals surface area contributed by atoms with Gasteiger partial charge in [0.2, 0.25) is 0 Å². The molecule has 0 saturated heterocycles. The molecule has 1 unspecified atom stereocenters. The highest BCUT2D eigenvalue weighted by atomic mass is 19.4. The van der Waals surface area contributed by atoms with Gasteiger partial charge in [-0.1, -0.05) is 95.8 Å². The van der Waals surface area contributed by atoms with Gasteiger partial charge in [0, 0.05) is 38.4 Å². The molecule has 1 aromatic carbocycles. The fourth-order valence-corrected chi connectivity index (χ4v) is 6.32. The van der Waals surface area contributed by atoms with Crippen molar-refractivity contribution < 1.29 is 22.4 Å². The molecule has 4 rings (SSSR count). The average molecular weight is 656 g/mol. The molecule has 0 aliphatic carbocycles. The Kier molecular flexibility index (Phi) is 13.0. The summed E-state index contributed by atoms with van der Waals surface area (Å²) in [4.78, 5) is 28.3. The van der Waals surface area contributed by atoms with Crippen molar-refractivity contribution in [2.45, 2.75) is 110 Å². The number of aryl methyl sites for hydroxylation is 1. The number of hydrogen-bond acceptors (Lipinski definition) is 5. The molecule has 0 N–H and O–H groups in total. The minimum atomic E-state index is -4.57. The quantitative estimate of drug-likeness (QED) is 0.107. The van der Waals surface area contributed by atoms with Gasteiger partial charge in [0.05, 0.1) is 5.56 Å². The summed E-state index contributed by atoms with van der Waals surface area (Å²) in [5.41, 5.74) is 0.867. The smallest absolute Gasteiger partial charge is 0.360 e. The molecule has 3 aromatic rings. The van der Waals surface area contributed by atoms with Gasteiger partial charge in [-0.05, 0) is 49.2 Å². The molecule has 2 aromatic heterocycles. The summed E-state index contributed by atoms with van der Waals surface area (Å²) in [5, 5.41) is 0. The number of nitrogens with zero attached hydrogens (tertiary/aromatic N) is 5. The lowest BCUT2D eigenvalue weighted by molar-refractivity contribution is -0.137. The number of hydrogen-bond donors (Lipinski definition) is 0. The first-order valence-corrected chi connectivity index (χ1v) is 17.1. The highest BCUT2D eigenvalue weighted by Crippen LogP contribution is 2.41. The minimum absolute atomic E-state index is 0.0620. The van der Waals surface area contributed by atoms with Gasteiger partial charge in [-0.15, -0.1) is 0 Å². The Morgan fingerprint density at radius 2 is 1.49 bits per heavy atom. The van der Waals surface area contributed by atoms with E-state index in [1.807, 2.05) is 12.1 Å². The molecule has 0 spiro atoms. The van der Waals surface area contributed by atoms with Gasteiger partial charge in [0.15, 0.2) is 11.6 Å². The highest BCUT2D eigenvalue weighted by Gasteiger charge is 2.40. The number of amides is 1. The number of rotatable bonds is 17.